The highest BCUT2D eigenvalue weighted by Crippen LogP contribution is 2.24. The molecule has 1 aliphatic rings. The van der Waals surface area contributed by atoms with Crippen LogP contribution in [0, 0.1) is 12.7 Å². The molecule has 0 radical (unpaired) electrons. The van der Waals surface area contributed by atoms with Crippen LogP contribution in [-0.4, -0.2) is 13.1 Å². The Balaban J connectivity index is 2.31. The second kappa shape index (κ2) is 2.77. The van der Waals surface area contributed by atoms with Crippen LogP contribution in [0.1, 0.15) is 12.0 Å². The largest absolute Gasteiger partial charge is 0.369 e. The minimum absolute atomic E-state index is 0.0882. The van der Waals surface area contributed by atoms with Crippen LogP contribution in [0.3, 0.4) is 0 Å². The third-order valence-corrected chi connectivity index (χ3v) is 2.30. The molecule has 1 aromatic carbocycles. The maximum atomic E-state index is 13.3. The number of hydrogen-bond acceptors (Lipinski definition) is 1. The van der Waals surface area contributed by atoms with Crippen LogP contribution >= 0.6 is 0 Å². The first kappa shape index (κ1) is 7.59. The third-order valence-electron chi connectivity index (χ3n) is 2.30. The van der Waals surface area contributed by atoms with Crippen molar-refractivity contribution in [1.29, 1.82) is 0 Å². The van der Waals surface area contributed by atoms with Crippen LogP contribution in [0.5, 0.6) is 0 Å². The summed E-state index contributed by atoms with van der Waals surface area (Å²) in [5, 5.41) is 0. The monoisotopic (exact) mass is 165 g/mol. The number of benzene rings is 1. The lowest BCUT2D eigenvalue weighted by Crippen LogP contribution is -2.37. The van der Waals surface area contributed by atoms with Crippen LogP contribution in [0.4, 0.5) is 10.1 Å². The molecule has 0 amide bonds. The molecular formula is C10H12FN. The van der Waals surface area contributed by atoms with Crippen LogP contribution in [0.25, 0.3) is 0 Å². The van der Waals surface area contributed by atoms with Gasteiger partial charge in [0.05, 0.1) is 5.69 Å². The van der Waals surface area contributed by atoms with Gasteiger partial charge in [-0.2, -0.15) is 0 Å². The van der Waals surface area contributed by atoms with Gasteiger partial charge in [0.25, 0.3) is 0 Å². The molecule has 1 aromatic rings. The van der Waals surface area contributed by atoms with Gasteiger partial charge in [-0.15, -0.1) is 0 Å². The predicted octanol–water partition coefficient (Wildman–Crippen LogP) is 2.34. The number of anilines is 1. The van der Waals surface area contributed by atoms with Gasteiger partial charge in [-0.25, -0.2) is 4.39 Å². The van der Waals surface area contributed by atoms with E-state index in [4.69, 9.17) is 0 Å². The molecular weight excluding hydrogens is 153 g/mol. The maximum Gasteiger partial charge on any atom is 0.146 e. The van der Waals surface area contributed by atoms with E-state index in [0.29, 0.717) is 0 Å². The lowest BCUT2D eigenvalue weighted by Gasteiger charge is -2.33. The van der Waals surface area contributed by atoms with Gasteiger partial charge in [-0.05, 0) is 31.0 Å². The van der Waals surface area contributed by atoms with E-state index >= 15 is 0 Å². The summed E-state index contributed by atoms with van der Waals surface area (Å²) in [4.78, 5) is 2.06. The molecule has 1 saturated heterocycles. The molecule has 0 N–H and O–H groups in total. The summed E-state index contributed by atoms with van der Waals surface area (Å²) in [7, 11) is 0. The molecule has 0 saturated carbocycles. The molecule has 0 atom stereocenters. The summed E-state index contributed by atoms with van der Waals surface area (Å²) in [5.74, 6) is -0.0882. The van der Waals surface area contributed by atoms with E-state index < -0.39 is 0 Å². The smallest absolute Gasteiger partial charge is 0.146 e. The first-order valence-electron chi connectivity index (χ1n) is 4.28. The van der Waals surface area contributed by atoms with Gasteiger partial charge < -0.3 is 4.90 Å². The summed E-state index contributed by atoms with van der Waals surface area (Å²) in [5.41, 5.74) is 1.74. The molecule has 1 aliphatic heterocycles. The molecule has 2 rings (SSSR count). The van der Waals surface area contributed by atoms with E-state index in [2.05, 4.69) is 4.90 Å². The highest BCUT2D eigenvalue weighted by molar-refractivity contribution is 5.50. The van der Waals surface area contributed by atoms with Crippen molar-refractivity contribution in [3.05, 3.63) is 29.6 Å². The van der Waals surface area contributed by atoms with Crippen molar-refractivity contribution >= 4 is 5.69 Å². The molecule has 0 spiro atoms. The number of rotatable bonds is 1. The fraction of sp³-hybridized carbons (Fsp3) is 0.400. The van der Waals surface area contributed by atoms with Gasteiger partial charge in [0.15, 0.2) is 0 Å². The first-order chi connectivity index (χ1) is 5.77. The maximum absolute atomic E-state index is 13.3. The van der Waals surface area contributed by atoms with Crippen molar-refractivity contribution in [2.24, 2.45) is 0 Å². The highest BCUT2D eigenvalue weighted by Gasteiger charge is 2.17. The number of halogens is 1. The topological polar surface area (TPSA) is 3.24 Å². The van der Waals surface area contributed by atoms with Crippen LogP contribution in [0.2, 0.25) is 0 Å². The molecule has 0 aliphatic carbocycles. The summed E-state index contributed by atoms with van der Waals surface area (Å²) in [6.45, 7) is 3.91. The highest BCUT2D eigenvalue weighted by atomic mass is 19.1. The average molecular weight is 165 g/mol. The molecule has 64 valence electrons. The zero-order valence-electron chi connectivity index (χ0n) is 7.18. The molecule has 12 heavy (non-hydrogen) atoms. The summed E-state index contributed by atoms with van der Waals surface area (Å²) in [6.07, 6.45) is 1.19. The average Bonchev–Trinajstić information content (AvgIpc) is 1.91. The standard InChI is InChI=1S/C10H12FN/c1-8-3-4-10(9(11)7-8)12-5-2-6-12/h3-4,7H,2,5-6H2,1H3. The fourth-order valence-corrected chi connectivity index (χ4v) is 1.43. The summed E-state index contributed by atoms with van der Waals surface area (Å²) < 4.78 is 13.3. The van der Waals surface area contributed by atoms with Gasteiger partial charge in [0.1, 0.15) is 5.82 Å². The quantitative estimate of drug-likeness (QED) is 0.617. The predicted molar refractivity (Wildman–Crippen MR) is 48.0 cm³/mol. The van der Waals surface area contributed by atoms with Gasteiger partial charge >= 0.3 is 0 Å². The Morgan fingerprint density at radius 3 is 2.58 bits per heavy atom. The molecule has 0 aromatic heterocycles. The number of hydrogen-bond donors (Lipinski definition) is 0. The SMILES string of the molecule is Cc1ccc(N2CCC2)c(F)c1. The lowest BCUT2D eigenvalue weighted by atomic mass is 10.1. The normalized spacial score (nSPS) is 16.0. The van der Waals surface area contributed by atoms with Gasteiger partial charge in [0, 0.05) is 13.1 Å². The summed E-state index contributed by atoms with van der Waals surface area (Å²) >= 11 is 0. The molecule has 1 heterocycles. The Hall–Kier alpha value is -1.05. The Labute approximate surface area is 71.8 Å². The van der Waals surface area contributed by atoms with Crippen molar-refractivity contribution in [1.82, 2.24) is 0 Å². The number of aryl methyl sites for hydroxylation is 1. The molecule has 1 nitrogen and oxygen atoms in total. The Kier molecular flexibility index (Phi) is 1.75. The van der Waals surface area contributed by atoms with Gasteiger partial charge in [0.2, 0.25) is 0 Å². The Morgan fingerprint density at radius 2 is 2.08 bits per heavy atom. The van der Waals surface area contributed by atoms with Crippen molar-refractivity contribution < 1.29 is 4.39 Å². The van der Waals surface area contributed by atoms with E-state index in [1.807, 2.05) is 19.1 Å². The van der Waals surface area contributed by atoms with E-state index in [1.54, 1.807) is 6.07 Å². The van der Waals surface area contributed by atoms with E-state index in [-0.39, 0.29) is 5.82 Å². The fourth-order valence-electron chi connectivity index (χ4n) is 1.43. The Bertz CT molecular complexity index is 292. The number of nitrogens with zero attached hydrogens (tertiary/aromatic N) is 1. The zero-order chi connectivity index (χ0) is 8.55. The second-order valence-corrected chi connectivity index (χ2v) is 3.30. The zero-order valence-corrected chi connectivity index (χ0v) is 7.18. The van der Waals surface area contributed by atoms with Crippen molar-refractivity contribution in [3.63, 3.8) is 0 Å². The molecule has 0 unspecified atom stereocenters. The van der Waals surface area contributed by atoms with E-state index in [0.717, 1.165) is 24.3 Å². The minimum Gasteiger partial charge on any atom is -0.369 e. The minimum atomic E-state index is -0.0882. The summed E-state index contributed by atoms with van der Waals surface area (Å²) in [6, 6.07) is 5.41. The first-order valence-corrected chi connectivity index (χ1v) is 4.28. The van der Waals surface area contributed by atoms with Gasteiger partial charge in [-0.3, -0.25) is 0 Å². The second-order valence-electron chi connectivity index (χ2n) is 3.30. The van der Waals surface area contributed by atoms with Crippen LogP contribution < -0.4 is 4.90 Å². The van der Waals surface area contributed by atoms with Crippen LogP contribution in [-0.2, 0) is 0 Å². The molecule has 0 bridgehead atoms. The van der Waals surface area contributed by atoms with Crippen LogP contribution in [0.15, 0.2) is 18.2 Å². The Morgan fingerprint density at radius 1 is 1.33 bits per heavy atom. The van der Waals surface area contributed by atoms with E-state index in [1.165, 1.54) is 6.42 Å². The lowest BCUT2D eigenvalue weighted by molar-refractivity contribution is 0.573. The molecule has 2 heteroatoms. The third kappa shape index (κ3) is 1.17. The van der Waals surface area contributed by atoms with Crippen molar-refractivity contribution in [2.75, 3.05) is 18.0 Å². The van der Waals surface area contributed by atoms with Crippen molar-refractivity contribution in [2.45, 2.75) is 13.3 Å². The van der Waals surface area contributed by atoms with E-state index in [9.17, 15) is 4.39 Å². The molecule has 1 fully saturated rings. The van der Waals surface area contributed by atoms with Crippen molar-refractivity contribution in [3.8, 4) is 0 Å². The van der Waals surface area contributed by atoms with Gasteiger partial charge in [-0.1, -0.05) is 6.07 Å².